The predicted octanol–water partition coefficient (Wildman–Crippen LogP) is 4.01. The highest BCUT2D eigenvalue weighted by Gasteiger charge is 2.45. The van der Waals surface area contributed by atoms with E-state index in [-0.39, 0.29) is 17.6 Å². The first-order valence-corrected chi connectivity index (χ1v) is 11.8. The van der Waals surface area contributed by atoms with Gasteiger partial charge in [0.15, 0.2) is 5.76 Å². The van der Waals surface area contributed by atoms with Crippen LogP contribution < -0.4 is 16.0 Å². The fourth-order valence-electron chi connectivity index (χ4n) is 5.31. The van der Waals surface area contributed by atoms with Gasteiger partial charge in [0.25, 0.3) is 6.01 Å². The Morgan fingerprint density at radius 2 is 1.88 bits per heavy atom. The molecule has 3 heterocycles. The first kappa shape index (κ1) is 22.3. The van der Waals surface area contributed by atoms with Gasteiger partial charge in [-0.2, -0.15) is 0 Å². The maximum atomic E-state index is 10.9. The van der Waals surface area contributed by atoms with Crippen molar-refractivity contribution in [2.75, 3.05) is 23.3 Å². The van der Waals surface area contributed by atoms with Gasteiger partial charge >= 0.3 is 5.69 Å². The molecule has 10 nitrogen and oxygen atoms in total. The van der Waals surface area contributed by atoms with E-state index in [9.17, 15) is 10.1 Å². The Hall–Kier alpha value is -3.53. The van der Waals surface area contributed by atoms with Crippen molar-refractivity contribution in [1.29, 1.82) is 0 Å². The van der Waals surface area contributed by atoms with Crippen LogP contribution in [0, 0.1) is 16.0 Å². The molecule has 2 aromatic heterocycles. The Morgan fingerprint density at radius 1 is 1.09 bits per heavy atom. The maximum absolute atomic E-state index is 10.9. The summed E-state index contributed by atoms with van der Waals surface area (Å²) in [6.07, 6.45) is 10.3. The molecule has 1 saturated carbocycles. The van der Waals surface area contributed by atoms with Crippen molar-refractivity contribution in [3.8, 4) is 11.3 Å². The standard InChI is InChI=1S/C24H29N7O3/c25-24(18-9-6-12-30(16-18)22-26-13-19(14-27-22)31(32)33)11-5-4-10-21(24)29-23-28-15-20(34-23)17-7-2-1-3-8-17/h1-3,7-8,13-15,18,21H,4-6,9-12,16,25H2,(H,28,29)/t18?,21?,24-/m0/s1. The van der Waals surface area contributed by atoms with Crippen LogP contribution in [0.4, 0.5) is 17.7 Å². The normalized spacial score (nSPS) is 25.1. The summed E-state index contributed by atoms with van der Waals surface area (Å²) in [6.45, 7) is 1.52. The molecule has 2 aliphatic rings. The van der Waals surface area contributed by atoms with E-state index in [4.69, 9.17) is 10.2 Å². The van der Waals surface area contributed by atoms with Crippen LogP contribution in [0.5, 0.6) is 0 Å². The van der Waals surface area contributed by atoms with E-state index in [2.05, 4.69) is 25.2 Å². The third-order valence-electron chi connectivity index (χ3n) is 7.16. The topological polar surface area (TPSA) is 136 Å². The lowest BCUT2D eigenvalue weighted by molar-refractivity contribution is -0.385. The lowest BCUT2D eigenvalue weighted by atomic mass is 9.67. The number of nitrogens with one attached hydrogen (secondary N) is 1. The van der Waals surface area contributed by atoms with Crippen molar-refractivity contribution in [3.63, 3.8) is 0 Å². The molecule has 2 unspecified atom stereocenters. The van der Waals surface area contributed by atoms with Gasteiger partial charge in [0.1, 0.15) is 12.4 Å². The van der Waals surface area contributed by atoms with Crippen LogP contribution in [0.25, 0.3) is 11.3 Å². The average Bonchev–Trinajstić information content (AvgIpc) is 3.35. The molecule has 178 valence electrons. The summed E-state index contributed by atoms with van der Waals surface area (Å²) in [5.41, 5.74) is 7.60. The highest BCUT2D eigenvalue weighted by Crippen LogP contribution is 2.39. The molecular weight excluding hydrogens is 434 g/mol. The van der Waals surface area contributed by atoms with Gasteiger partial charge in [-0.15, -0.1) is 0 Å². The van der Waals surface area contributed by atoms with Crippen LogP contribution in [-0.2, 0) is 0 Å². The summed E-state index contributed by atoms with van der Waals surface area (Å²) < 4.78 is 6.01. The highest BCUT2D eigenvalue weighted by atomic mass is 16.6. The molecule has 1 aliphatic carbocycles. The molecule has 0 amide bonds. The number of oxazole rings is 1. The minimum Gasteiger partial charge on any atom is -0.424 e. The SMILES string of the molecule is N[C@]1(C2CCCN(c3ncc([N+](=O)[O-])cn3)C2)CCCCC1Nc1ncc(-c2ccccc2)o1. The highest BCUT2D eigenvalue weighted by molar-refractivity contribution is 5.57. The van der Waals surface area contributed by atoms with Crippen molar-refractivity contribution in [1.82, 2.24) is 15.0 Å². The summed E-state index contributed by atoms with van der Waals surface area (Å²) >= 11 is 0. The maximum Gasteiger partial charge on any atom is 0.305 e. The molecule has 0 bridgehead atoms. The molecule has 1 saturated heterocycles. The zero-order valence-electron chi connectivity index (χ0n) is 19.0. The Balaban J connectivity index is 1.32. The van der Waals surface area contributed by atoms with Crippen LogP contribution in [0.1, 0.15) is 38.5 Å². The summed E-state index contributed by atoms with van der Waals surface area (Å²) in [5.74, 6) is 1.46. The summed E-state index contributed by atoms with van der Waals surface area (Å²) in [7, 11) is 0. The Labute approximate surface area is 197 Å². The second-order valence-electron chi connectivity index (χ2n) is 9.23. The number of hydrogen-bond donors (Lipinski definition) is 2. The van der Waals surface area contributed by atoms with Crippen LogP contribution in [0.3, 0.4) is 0 Å². The van der Waals surface area contributed by atoms with Crippen LogP contribution >= 0.6 is 0 Å². The molecule has 0 spiro atoms. The minimum atomic E-state index is -0.484. The molecule has 3 N–H and O–H groups in total. The smallest absolute Gasteiger partial charge is 0.305 e. The quantitative estimate of drug-likeness (QED) is 0.410. The summed E-state index contributed by atoms with van der Waals surface area (Å²) in [4.78, 5) is 25.5. The second kappa shape index (κ2) is 9.38. The van der Waals surface area contributed by atoms with Gasteiger partial charge in [0.05, 0.1) is 11.1 Å². The Morgan fingerprint density at radius 3 is 2.65 bits per heavy atom. The molecule has 3 atom stereocenters. The van der Waals surface area contributed by atoms with Gasteiger partial charge in [-0.25, -0.2) is 15.0 Å². The first-order chi connectivity index (χ1) is 16.5. The fraction of sp³-hybridized carbons (Fsp3) is 0.458. The monoisotopic (exact) mass is 463 g/mol. The lowest BCUT2D eigenvalue weighted by Gasteiger charge is -2.49. The van der Waals surface area contributed by atoms with Crippen molar-refractivity contribution in [2.24, 2.45) is 11.7 Å². The molecule has 1 aliphatic heterocycles. The summed E-state index contributed by atoms with van der Waals surface area (Å²) in [6, 6.07) is 10.4. The molecular formula is C24H29N7O3. The molecule has 5 rings (SSSR count). The van der Waals surface area contributed by atoms with Gasteiger partial charge in [-0.1, -0.05) is 43.2 Å². The first-order valence-electron chi connectivity index (χ1n) is 11.8. The number of nitrogens with zero attached hydrogens (tertiary/aromatic N) is 5. The van der Waals surface area contributed by atoms with E-state index in [0.717, 1.165) is 56.4 Å². The molecule has 0 radical (unpaired) electrons. The number of benzene rings is 1. The van der Waals surface area contributed by atoms with Crippen LogP contribution in [0.15, 0.2) is 53.3 Å². The van der Waals surface area contributed by atoms with E-state index in [0.29, 0.717) is 18.5 Å². The molecule has 1 aromatic carbocycles. The third kappa shape index (κ3) is 4.45. The Kier molecular flexibility index (Phi) is 6.14. The number of aromatic nitrogens is 3. The Bertz CT molecular complexity index is 1120. The fourth-order valence-corrected chi connectivity index (χ4v) is 5.31. The zero-order chi connectivity index (χ0) is 23.5. The van der Waals surface area contributed by atoms with E-state index >= 15 is 0 Å². The molecule has 2 fully saturated rings. The van der Waals surface area contributed by atoms with E-state index < -0.39 is 10.5 Å². The second-order valence-corrected chi connectivity index (χ2v) is 9.23. The van der Waals surface area contributed by atoms with Gasteiger partial charge in [-0.3, -0.25) is 10.1 Å². The number of anilines is 2. The van der Waals surface area contributed by atoms with Gasteiger partial charge in [0, 0.05) is 30.2 Å². The van der Waals surface area contributed by atoms with E-state index in [1.54, 1.807) is 6.20 Å². The van der Waals surface area contributed by atoms with Crippen molar-refractivity contribution in [3.05, 3.63) is 59.0 Å². The van der Waals surface area contributed by atoms with Gasteiger partial charge < -0.3 is 20.4 Å². The predicted molar refractivity (Wildman–Crippen MR) is 128 cm³/mol. The largest absolute Gasteiger partial charge is 0.424 e. The summed E-state index contributed by atoms with van der Waals surface area (Å²) in [5, 5.41) is 14.4. The number of hydrogen-bond acceptors (Lipinski definition) is 9. The number of nitrogens with two attached hydrogens (primary N) is 1. The lowest BCUT2D eigenvalue weighted by Crippen LogP contribution is -2.64. The number of nitro groups is 1. The molecule has 34 heavy (non-hydrogen) atoms. The number of rotatable bonds is 6. The van der Waals surface area contributed by atoms with Gasteiger partial charge in [-0.05, 0) is 31.6 Å². The van der Waals surface area contributed by atoms with E-state index in [1.165, 1.54) is 12.4 Å². The van der Waals surface area contributed by atoms with E-state index in [1.807, 2.05) is 30.3 Å². The molecule has 3 aromatic rings. The minimum absolute atomic E-state index is 0.0336. The van der Waals surface area contributed by atoms with Crippen LogP contribution in [-0.4, -0.2) is 44.5 Å². The van der Waals surface area contributed by atoms with Gasteiger partial charge in [0.2, 0.25) is 5.95 Å². The van der Waals surface area contributed by atoms with Crippen molar-refractivity contribution >= 4 is 17.7 Å². The van der Waals surface area contributed by atoms with Crippen molar-refractivity contribution < 1.29 is 9.34 Å². The van der Waals surface area contributed by atoms with Crippen LogP contribution in [0.2, 0.25) is 0 Å². The van der Waals surface area contributed by atoms with Crippen molar-refractivity contribution in [2.45, 2.75) is 50.1 Å². The zero-order valence-corrected chi connectivity index (χ0v) is 19.0. The average molecular weight is 464 g/mol. The molecule has 10 heteroatoms. The number of piperidine rings is 1. The third-order valence-corrected chi connectivity index (χ3v) is 7.16.